The largest absolute Gasteiger partial charge is 0.416 e. The Hall–Kier alpha value is -2.34. The predicted molar refractivity (Wildman–Crippen MR) is 89.2 cm³/mol. The quantitative estimate of drug-likeness (QED) is 0.348. The first kappa shape index (κ1) is 22.0. The van der Waals surface area contributed by atoms with Crippen LogP contribution in [0.5, 0.6) is 0 Å². The maximum absolute atomic E-state index is 12.6. The van der Waals surface area contributed by atoms with Gasteiger partial charge < -0.3 is 10.6 Å². The van der Waals surface area contributed by atoms with Crippen molar-refractivity contribution in [3.05, 3.63) is 35.4 Å². The molecule has 1 aromatic carbocycles. The summed E-state index contributed by atoms with van der Waals surface area (Å²) in [5.74, 6) is -1.10. The van der Waals surface area contributed by atoms with Crippen molar-refractivity contribution in [1.29, 1.82) is 0 Å². The Morgan fingerprint density at radius 3 is 2.29 bits per heavy atom. The molecule has 0 aromatic heterocycles. The lowest BCUT2D eigenvalue weighted by Crippen LogP contribution is -2.50. The first-order valence-electron chi connectivity index (χ1n) is 8.32. The van der Waals surface area contributed by atoms with Crippen molar-refractivity contribution in [2.24, 2.45) is 4.99 Å². The molecule has 0 aliphatic carbocycles. The van der Waals surface area contributed by atoms with E-state index in [0.717, 1.165) is 24.3 Å². The van der Waals surface area contributed by atoms with E-state index in [-0.39, 0.29) is 17.6 Å². The summed E-state index contributed by atoms with van der Waals surface area (Å²) in [6, 6.07) is 3.46. The molecule has 0 bridgehead atoms. The smallest absolute Gasteiger partial charge is 0.356 e. The molecule has 0 spiro atoms. The van der Waals surface area contributed by atoms with Gasteiger partial charge in [0.15, 0.2) is 0 Å². The molecule has 2 unspecified atom stereocenters. The Labute approximate surface area is 156 Å². The topological polar surface area (TPSA) is 77.5 Å². The van der Waals surface area contributed by atoms with Crippen molar-refractivity contribution in [1.82, 2.24) is 21.5 Å². The van der Waals surface area contributed by atoms with Crippen LogP contribution < -0.4 is 21.5 Å². The molecule has 1 aromatic rings. The molecule has 12 heteroatoms. The lowest BCUT2D eigenvalue weighted by Gasteiger charge is -2.17. The van der Waals surface area contributed by atoms with Crippen molar-refractivity contribution >= 4 is 11.9 Å². The molecule has 0 saturated carbocycles. The van der Waals surface area contributed by atoms with Gasteiger partial charge >= 0.3 is 12.4 Å². The van der Waals surface area contributed by atoms with E-state index in [1.54, 1.807) is 0 Å². The zero-order valence-electron chi connectivity index (χ0n) is 14.7. The van der Waals surface area contributed by atoms with Gasteiger partial charge in [0.1, 0.15) is 0 Å². The third-order valence-corrected chi connectivity index (χ3v) is 3.78. The van der Waals surface area contributed by atoms with E-state index in [1.807, 2.05) is 6.92 Å². The Bertz CT molecular complexity index is 701. The minimum absolute atomic E-state index is 0.0829. The number of nitrogens with zero attached hydrogens (tertiary/aromatic N) is 1. The summed E-state index contributed by atoms with van der Waals surface area (Å²) in [6.45, 7) is 1.35. The molecule has 2 atom stereocenters. The molecule has 156 valence electrons. The first-order chi connectivity index (χ1) is 12.9. The van der Waals surface area contributed by atoms with Crippen molar-refractivity contribution in [3.8, 4) is 0 Å². The van der Waals surface area contributed by atoms with Gasteiger partial charge in [0.25, 0.3) is 5.91 Å². The minimum Gasteiger partial charge on any atom is -0.356 e. The van der Waals surface area contributed by atoms with Gasteiger partial charge in [0.2, 0.25) is 5.96 Å². The van der Waals surface area contributed by atoms with E-state index in [4.69, 9.17) is 0 Å². The molecule has 6 nitrogen and oxygen atoms in total. The normalized spacial score (nSPS) is 20.9. The number of hydrogen-bond donors (Lipinski definition) is 4. The Balaban J connectivity index is 2.10. The van der Waals surface area contributed by atoms with E-state index in [1.165, 1.54) is 0 Å². The van der Waals surface area contributed by atoms with Crippen LogP contribution in [-0.2, 0) is 6.18 Å². The van der Waals surface area contributed by atoms with Gasteiger partial charge in [-0.3, -0.25) is 10.2 Å². The van der Waals surface area contributed by atoms with E-state index >= 15 is 0 Å². The van der Waals surface area contributed by atoms with Gasteiger partial charge in [-0.25, -0.2) is 5.43 Å². The molecular weight excluding hydrogens is 392 g/mol. The van der Waals surface area contributed by atoms with Crippen LogP contribution in [0.25, 0.3) is 0 Å². The summed E-state index contributed by atoms with van der Waals surface area (Å²) in [7, 11) is 0. The van der Waals surface area contributed by atoms with Crippen LogP contribution in [0.2, 0.25) is 0 Å². The molecular formula is C16H19F6N5O. The number of amides is 1. The molecule has 4 N–H and O–H groups in total. The van der Waals surface area contributed by atoms with Gasteiger partial charge in [0.05, 0.1) is 18.2 Å². The van der Waals surface area contributed by atoms with Gasteiger partial charge in [0, 0.05) is 18.2 Å². The van der Waals surface area contributed by atoms with Crippen LogP contribution in [0, 0.1) is 0 Å². The fourth-order valence-electron chi connectivity index (χ4n) is 2.39. The fraction of sp³-hybridized carbons (Fsp3) is 0.500. The van der Waals surface area contributed by atoms with Crippen molar-refractivity contribution in [2.45, 2.75) is 44.3 Å². The summed E-state index contributed by atoms with van der Waals surface area (Å²) in [4.78, 5) is 15.9. The molecule has 2 rings (SSSR count). The third kappa shape index (κ3) is 7.00. The van der Waals surface area contributed by atoms with Crippen molar-refractivity contribution in [3.63, 3.8) is 0 Å². The number of guanidine groups is 1. The number of carbonyl (C=O) groups is 1. The number of alkyl halides is 6. The Morgan fingerprint density at radius 2 is 1.79 bits per heavy atom. The maximum Gasteiger partial charge on any atom is 0.416 e. The number of aliphatic imine (C=N–C) groups is 1. The zero-order chi connectivity index (χ0) is 20.9. The van der Waals surface area contributed by atoms with Crippen LogP contribution in [0.15, 0.2) is 29.3 Å². The molecule has 1 aliphatic heterocycles. The Kier molecular flexibility index (Phi) is 6.88. The number of carbonyl (C=O) groups excluding carboxylic acids is 1. The fourth-order valence-corrected chi connectivity index (χ4v) is 2.39. The van der Waals surface area contributed by atoms with E-state index in [9.17, 15) is 31.1 Å². The monoisotopic (exact) mass is 411 g/mol. The summed E-state index contributed by atoms with van der Waals surface area (Å²) in [6.07, 6.45) is -9.91. The van der Waals surface area contributed by atoms with Gasteiger partial charge in [-0.05, 0) is 37.6 Å². The van der Waals surface area contributed by atoms with Crippen molar-refractivity contribution < 1.29 is 31.1 Å². The van der Waals surface area contributed by atoms with Gasteiger partial charge in [-0.15, -0.1) is 0 Å². The molecule has 1 heterocycles. The number of benzene rings is 1. The molecule has 1 fully saturated rings. The molecule has 28 heavy (non-hydrogen) atoms. The highest BCUT2D eigenvalue weighted by molar-refractivity contribution is 6.02. The summed E-state index contributed by atoms with van der Waals surface area (Å²) >= 11 is 0. The highest BCUT2D eigenvalue weighted by Gasteiger charge is 2.30. The summed E-state index contributed by atoms with van der Waals surface area (Å²) in [5, 5.41) is 5.17. The second kappa shape index (κ2) is 8.78. The standard InChI is InChI=1S/C16H19F6N5O/c1-9-8-12(27-26-9)24-14(23-7-6-15(17,18)19)25-13(28)10-2-4-11(5-3-10)16(20,21)22/h2-5,9,12,26-27H,6-8H2,1H3,(H2,23,24,25,28). The van der Waals surface area contributed by atoms with E-state index in [0.29, 0.717) is 6.42 Å². The van der Waals surface area contributed by atoms with E-state index in [2.05, 4.69) is 26.5 Å². The number of halogens is 6. The first-order valence-corrected chi connectivity index (χ1v) is 8.32. The maximum atomic E-state index is 12.6. The summed E-state index contributed by atoms with van der Waals surface area (Å²) in [5.41, 5.74) is 4.68. The average molecular weight is 411 g/mol. The molecule has 0 radical (unpaired) electrons. The summed E-state index contributed by atoms with van der Waals surface area (Å²) < 4.78 is 74.8. The highest BCUT2D eigenvalue weighted by Crippen LogP contribution is 2.29. The van der Waals surface area contributed by atoms with Crippen LogP contribution >= 0.6 is 0 Å². The third-order valence-electron chi connectivity index (χ3n) is 3.78. The van der Waals surface area contributed by atoms with Crippen molar-refractivity contribution in [2.75, 3.05) is 6.54 Å². The zero-order valence-corrected chi connectivity index (χ0v) is 14.7. The second-order valence-electron chi connectivity index (χ2n) is 6.25. The Morgan fingerprint density at radius 1 is 1.14 bits per heavy atom. The second-order valence-corrected chi connectivity index (χ2v) is 6.25. The number of hydrazine groups is 1. The molecule has 1 saturated heterocycles. The predicted octanol–water partition coefficient (Wildman–Crippen LogP) is 2.55. The highest BCUT2D eigenvalue weighted by atomic mass is 19.4. The van der Waals surface area contributed by atoms with Crippen LogP contribution in [0.3, 0.4) is 0 Å². The van der Waals surface area contributed by atoms with Crippen LogP contribution in [0.4, 0.5) is 26.3 Å². The molecule has 1 aliphatic rings. The SMILES string of the molecule is CC1CC(N/C(=N\C(=O)c2ccc(C(F)(F)F)cc2)NCCC(F)(F)F)NN1. The lowest BCUT2D eigenvalue weighted by atomic mass is 10.1. The molecule has 1 amide bonds. The van der Waals surface area contributed by atoms with Crippen LogP contribution in [-0.4, -0.2) is 36.8 Å². The number of nitrogens with one attached hydrogen (secondary N) is 4. The van der Waals surface area contributed by atoms with Crippen LogP contribution in [0.1, 0.15) is 35.7 Å². The van der Waals surface area contributed by atoms with E-state index < -0.39 is 43.0 Å². The number of rotatable bonds is 4. The lowest BCUT2D eigenvalue weighted by molar-refractivity contribution is -0.137. The van der Waals surface area contributed by atoms with Gasteiger partial charge in [-0.2, -0.15) is 31.3 Å². The minimum atomic E-state index is -4.55. The average Bonchev–Trinajstić information content (AvgIpc) is 2.97. The van der Waals surface area contributed by atoms with Gasteiger partial charge in [-0.1, -0.05) is 0 Å². The number of hydrogen-bond acceptors (Lipinski definition) is 3.